The van der Waals surface area contributed by atoms with Crippen LogP contribution in [0.3, 0.4) is 0 Å². The number of nitrogens with zero attached hydrogens (tertiary/aromatic N) is 1. The van der Waals surface area contributed by atoms with E-state index in [0.717, 1.165) is 0 Å². The Morgan fingerprint density at radius 1 is 1.64 bits per heavy atom. The van der Waals surface area contributed by atoms with E-state index < -0.39 is 5.97 Å². The van der Waals surface area contributed by atoms with Crippen LogP contribution >= 0.6 is 0 Å². The summed E-state index contributed by atoms with van der Waals surface area (Å²) in [4.78, 5) is 14.1. The lowest BCUT2D eigenvalue weighted by atomic mass is 10.1. The Hall–Kier alpha value is -1.42. The number of rotatable bonds is 2. The summed E-state index contributed by atoms with van der Waals surface area (Å²) >= 11 is 0. The van der Waals surface area contributed by atoms with E-state index in [4.69, 9.17) is 10.2 Å². The number of carboxylic acid groups (broad SMARTS) is 1. The lowest BCUT2D eigenvalue weighted by molar-refractivity contribution is 0.0693. The molecule has 1 heterocycles. The van der Waals surface area contributed by atoms with Crippen molar-refractivity contribution in [1.29, 1.82) is 0 Å². The van der Waals surface area contributed by atoms with E-state index in [2.05, 4.69) is 4.98 Å². The van der Waals surface area contributed by atoms with Gasteiger partial charge in [-0.1, -0.05) is 0 Å². The van der Waals surface area contributed by atoms with Gasteiger partial charge in [0.1, 0.15) is 0 Å². The SMILES string of the molecule is O=C(O)c1cnccc1CO. The quantitative estimate of drug-likeness (QED) is 0.639. The van der Waals surface area contributed by atoms with E-state index in [1.807, 2.05) is 0 Å². The van der Waals surface area contributed by atoms with Crippen LogP contribution in [-0.4, -0.2) is 21.2 Å². The van der Waals surface area contributed by atoms with Crippen LogP contribution in [0.4, 0.5) is 0 Å². The minimum Gasteiger partial charge on any atom is -0.478 e. The molecular formula is C7H7NO3. The predicted molar refractivity (Wildman–Crippen MR) is 37.1 cm³/mol. The van der Waals surface area contributed by atoms with Gasteiger partial charge in [0.05, 0.1) is 12.2 Å². The lowest BCUT2D eigenvalue weighted by Crippen LogP contribution is -2.02. The normalized spacial score (nSPS) is 9.55. The van der Waals surface area contributed by atoms with Gasteiger partial charge in [0, 0.05) is 12.4 Å². The van der Waals surface area contributed by atoms with Crippen molar-refractivity contribution in [3.63, 3.8) is 0 Å². The predicted octanol–water partition coefficient (Wildman–Crippen LogP) is 0.272. The smallest absolute Gasteiger partial charge is 0.337 e. The highest BCUT2D eigenvalue weighted by Gasteiger charge is 2.07. The van der Waals surface area contributed by atoms with Crippen LogP contribution in [0.15, 0.2) is 18.5 Å². The van der Waals surface area contributed by atoms with Gasteiger partial charge in [0.15, 0.2) is 0 Å². The maximum Gasteiger partial charge on any atom is 0.337 e. The van der Waals surface area contributed by atoms with Crippen molar-refractivity contribution in [3.05, 3.63) is 29.6 Å². The second-order valence-electron chi connectivity index (χ2n) is 2.00. The topological polar surface area (TPSA) is 70.4 Å². The third-order valence-electron chi connectivity index (χ3n) is 1.31. The minimum atomic E-state index is -1.07. The average Bonchev–Trinajstić information content (AvgIpc) is 2.04. The van der Waals surface area contributed by atoms with Gasteiger partial charge in [-0.25, -0.2) is 4.79 Å². The third kappa shape index (κ3) is 1.53. The summed E-state index contributed by atoms with van der Waals surface area (Å²) in [6.45, 7) is -0.274. The molecule has 2 N–H and O–H groups in total. The van der Waals surface area contributed by atoms with E-state index >= 15 is 0 Å². The monoisotopic (exact) mass is 153 g/mol. The number of carbonyl (C=O) groups is 1. The molecule has 0 spiro atoms. The van der Waals surface area contributed by atoms with Crippen molar-refractivity contribution in [3.8, 4) is 0 Å². The average molecular weight is 153 g/mol. The van der Waals surface area contributed by atoms with Gasteiger partial charge in [-0.15, -0.1) is 0 Å². The number of aliphatic hydroxyl groups excluding tert-OH is 1. The molecule has 0 fully saturated rings. The van der Waals surface area contributed by atoms with Crippen molar-refractivity contribution >= 4 is 5.97 Å². The highest BCUT2D eigenvalue weighted by molar-refractivity contribution is 5.88. The van der Waals surface area contributed by atoms with Crippen LogP contribution in [0.2, 0.25) is 0 Å². The Labute approximate surface area is 63.1 Å². The van der Waals surface area contributed by atoms with Gasteiger partial charge < -0.3 is 10.2 Å². The second-order valence-corrected chi connectivity index (χ2v) is 2.00. The number of aliphatic hydroxyl groups is 1. The Bertz CT molecular complexity index is 272. The highest BCUT2D eigenvalue weighted by Crippen LogP contribution is 2.05. The van der Waals surface area contributed by atoms with Crippen molar-refractivity contribution in [2.75, 3.05) is 0 Å². The maximum absolute atomic E-state index is 10.4. The van der Waals surface area contributed by atoms with Gasteiger partial charge in [0.25, 0.3) is 0 Å². The molecule has 0 saturated heterocycles. The first-order valence-corrected chi connectivity index (χ1v) is 3.02. The summed E-state index contributed by atoms with van der Waals surface area (Å²) in [5.74, 6) is -1.07. The number of carboxylic acids is 1. The first-order valence-electron chi connectivity index (χ1n) is 3.02. The molecule has 4 nitrogen and oxygen atoms in total. The van der Waals surface area contributed by atoms with Crippen LogP contribution in [0.5, 0.6) is 0 Å². The van der Waals surface area contributed by atoms with Crippen molar-refractivity contribution < 1.29 is 15.0 Å². The molecule has 0 saturated carbocycles. The van der Waals surface area contributed by atoms with Crippen molar-refractivity contribution in [2.24, 2.45) is 0 Å². The van der Waals surface area contributed by atoms with Crippen LogP contribution in [-0.2, 0) is 6.61 Å². The molecule has 4 heteroatoms. The highest BCUT2D eigenvalue weighted by atomic mass is 16.4. The Balaban J connectivity index is 3.12. The van der Waals surface area contributed by atoms with Gasteiger partial charge in [0.2, 0.25) is 0 Å². The summed E-state index contributed by atoms with van der Waals surface area (Å²) in [6.07, 6.45) is 2.66. The van der Waals surface area contributed by atoms with Gasteiger partial charge in [-0.05, 0) is 11.6 Å². The summed E-state index contributed by atoms with van der Waals surface area (Å²) in [7, 11) is 0. The number of aromatic carboxylic acids is 1. The number of pyridine rings is 1. The molecule has 0 aliphatic rings. The van der Waals surface area contributed by atoms with Crippen LogP contribution in [0.25, 0.3) is 0 Å². The van der Waals surface area contributed by atoms with Crippen LogP contribution < -0.4 is 0 Å². The first-order chi connectivity index (χ1) is 5.25. The summed E-state index contributed by atoms with van der Waals surface area (Å²) in [5, 5.41) is 17.2. The van der Waals surface area contributed by atoms with E-state index in [-0.39, 0.29) is 12.2 Å². The Morgan fingerprint density at radius 3 is 2.82 bits per heavy atom. The summed E-state index contributed by atoms with van der Waals surface area (Å²) < 4.78 is 0. The fourth-order valence-corrected chi connectivity index (χ4v) is 0.754. The molecular weight excluding hydrogens is 146 g/mol. The van der Waals surface area contributed by atoms with E-state index in [9.17, 15) is 4.79 Å². The van der Waals surface area contributed by atoms with Gasteiger partial charge >= 0.3 is 5.97 Å². The zero-order valence-corrected chi connectivity index (χ0v) is 5.69. The van der Waals surface area contributed by atoms with Crippen molar-refractivity contribution in [2.45, 2.75) is 6.61 Å². The summed E-state index contributed by atoms with van der Waals surface area (Å²) in [5.41, 5.74) is 0.433. The Kier molecular flexibility index (Phi) is 2.18. The summed E-state index contributed by atoms with van der Waals surface area (Å²) in [6, 6.07) is 1.48. The third-order valence-corrected chi connectivity index (χ3v) is 1.31. The van der Waals surface area contributed by atoms with Crippen LogP contribution in [0, 0.1) is 0 Å². The molecule has 1 rings (SSSR count). The molecule has 0 bridgehead atoms. The second kappa shape index (κ2) is 3.12. The molecule has 0 atom stereocenters. The van der Waals surface area contributed by atoms with Crippen molar-refractivity contribution in [1.82, 2.24) is 4.98 Å². The largest absolute Gasteiger partial charge is 0.478 e. The molecule has 58 valence electrons. The molecule has 0 aliphatic carbocycles. The zero-order chi connectivity index (χ0) is 8.27. The van der Waals surface area contributed by atoms with E-state index in [0.29, 0.717) is 5.56 Å². The van der Waals surface area contributed by atoms with E-state index in [1.165, 1.54) is 18.5 Å². The first kappa shape index (κ1) is 7.68. The minimum absolute atomic E-state index is 0.0509. The maximum atomic E-state index is 10.4. The fraction of sp³-hybridized carbons (Fsp3) is 0.143. The zero-order valence-electron chi connectivity index (χ0n) is 5.69. The molecule has 0 amide bonds. The van der Waals surface area contributed by atoms with Gasteiger partial charge in [-0.3, -0.25) is 4.98 Å². The molecule has 11 heavy (non-hydrogen) atoms. The number of hydrogen-bond donors (Lipinski definition) is 2. The fourth-order valence-electron chi connectivity index (χ4n) is 0.754. The van der Waals surface area contributed by atoms with Crippen LogP contribution in [0.1, 0.15) is 15.9 Å². The molecule has 1 aromatic rings. The molecule has 0 radical (unpaired) electrons. The van der Waals surface area contributed by atoms with E-state index in [1.54, 1.807) is 0 Å². The standard InChI is InChI=1S/C7H7NO3/c9-4-5-1-2-8-3-6(5)7(10)11/h1-3,9H,4H2,(H,10,11). The number of aromatic nitrogens is 1. The molecule has 0 aromatic carbocycles. The molecule has 0 unspecified atom stereocenters. The molecule has 1 aromatic heterocycles. The molecule has 0 aliphatic heterocycles. The lowest BCUT2D eigenvalue weighted by Gasteiger charge is -1.98. The Morgan fingerprint density at radius 2 is 2.36 bits per heavy atom. The number of hydrogen-bond acceptors (Lipinski definition) is 3. The van der Waals surface area contributed by atoms with Gasteiger partial charge in [-0.2, -0.15) is 0 Å².